The first kappa shape index (κ1) is 15.4. The first-order chi connectivity index (χ1) is 12.3. The van der Waals surface area contributed by atoms with Gasteiger partial charge in [0.05, 0.1) is 5.69 Å². The number of anilines is 3. The Labute approximate surface area is 146 Å². The van der Waals surface area contributed by atoms with Crippen molar-refractivity contribution in [3.63, 3.8) is 0 Å². The van der Waals surface area contributed by atoms with Crippen molar-refractivity contribution >= 4 is 17.6 Å². The fourth-order valence-electron chi connectivity index (χ4n) is 3.07. The molecule has 0 saturated carbocycles. The van der Waals surface area contributed by atoms with Crippen LogP contribution in [0.1, 0.15) is 23.9 Å². The number of nitrogens with zero attached hydrogens (tertiary/aromatic N) is 6. The van der Waals surface area contributed by atoms with E-state index < -0.39 is 0 Å². The standard InChI is InChI=1S/C18H19N7/c1-13-22-15(11-17(23-13)24-16-5-2-3-7-19-16)14-6-10-25(12-14)18-20-8-4-9-21-18/h2-5,7-9,11,14H,6,10,12H2,1H3,(H,19,22,23,24). The second-order valence-electron chi connectivity index (χ2n) is 6.05. The molecule has 0 bridgehead atoms. The van der Waals surface area contributed by atoms with Crippen LogP contribution in [0.15, 0.2) is 48.9 Å². The normalized spacial score (nSPS) is 16.8. The molecule has 25 heavy (non-hydrogen) atoms. The van der Waals surface area contributed by atoms with Crippen LogP contribution < -0.4 is 10.2 Å². The van der Waals surface area contributed by atoms with Crippen molar-refractivity contribution in [2.45, 2.75) is 19.3 Å². The third-order valence-electron chi connectivity index (χ3n) is 4.22. The van der Waals surface area contributed by atoms with Crippen LogP contribution in [0.4, 0.5) is 17.6 Å². The summed E-state index contributed by atoms with van der Waals surface area (Å²) in [6.07, 6.45) is 6.34. The molecule has 1 aliphatic rings. The molecular formula is C18H19N7. The van der Waals surface area contributed by atoms with Gasteiger partial charge in [0.2, 0.25) is 5.95 Å². The van der Waals surface area contributed by atoms with Crippen molar-refractivity contribution in [1.29, 1.82) is 0 Å². The van der Waals surface area contributed by atoms with Crippen molar-refractivity contribution in [3.8, 4) is 0 Å². The summed E-state index contributed by atoms with van der Waals surface area (Å²) in [5, 5.41) is 3.25. The highest BCUT2D eigenvalue weighted by Crippen LogP contribution is 2.29. The Morgan fingerprint density at radius 1 is 1.00 bits per heavy atom. The van der Waals surface area contributed by atoms with Crippen molar-refractivity contribution in [2.24, 2.45) is 0 Å². The van der Waals surface area contributed by atoms with E-state index in [2.05, 4.69) is 35.1 Å². The van der Waals surface area contributed by atoms with E-state index in [1.807, 2.05) is 37.3 Å². The van der Waals surface area contributed by atoms with Crippen molar-refractivity contribution in [3.05, 3.63) is 60.4 Å². The van der Waals surface area contributed by atoms with Gasteiger partial charge in [0, 0.05) is 43.7 Å². The van der Waals surface area contributed by atoms with Gasteiger partial charge >= 0.3 is 0 Å². The van der Waals surface area contributed by atoms with E-state index in [1.54, 1.807) is 18.6 Å². The zero-order valence-electron chi connectivity index (χ0n) is 14.0. The summed E-state index contributed by atoms with van der Waals surface area (Å²) in [5.41, 5.74) is 1.05. The summed E-state index contributed by atoms with van der Waals surface area (Å²) in [7, 11) is 0. The molecule has 3 aromatic rings. The minimum atomic E-state index is 0.342. The zero-order valence-corrected chi connectivity index (χ0v) is 14.0. The van der Waals surface area contributed by atoms with Gasteiger partial charge in [-0.15, -0.1) is 0 Å². The second-order valence-corrected chi connectivity index (χ2v) is 6.05. The number of rotatable bonds is 4. The largest absolute Gasteiger partial charge is 0.340 e. The molecule has 0 amide bonds. The molecule has 0 radical (unpaired) electrons. The molecule has 4 heterocycles. The van der Waals surface area contributed by atoms with Gasteiger partial charge < -0.3 is 10.2 Å². The first-order valence-electron chi connectivity index (χ1n) is 8.33. The van der Waals surface area contributed by atoms with Crippen molar-refractivity contribution in [2.75, 3.05) is 23.3 Å². The average molecular weight is 333 g/mol. The van der Waals surface area contributed by atoms with Gasteiger partial charge in [-0.3, -0.25) is 0 Å². The number of nitrogens with one attached hydrogen (secondary N) is 1. The van der Waals surface area contributed by atoms with E-state index in [1.165, 1.54) is 0 Å². The summed E-state index contributed by atoms with van der Waals surface area (Å²) in [5.74, 6) is 3.43. The van der Waals surface area contributed by atoms with E-state index in [4.69, 9.17) is 0 Å². The van der Waals surface area contributed by atoms with Gasteiger partial charge in [-0.2, -0.15) is 0 Å². The van der Waals surface area contributed by atoms with E-state index in [9.17, 15) is 0 Å². The lowest BCUT2D eigenvalue weighted by molar-refractivity contribution is 0.732. The molecule has 1 saturated heterocycles. The van der Waals surface area contributed by atoms with Crippen molar-refractivity contribution < 1.29 is 0 Å². The lowest BCUT2D eigenvalue weighted by Crippen LogP contribution is -2.21. The van der Waals surface area contributed by atoms with E-state index in [0.717, 1.165) is 48.6 Å². The fourth-order valence-corrected chi connectivity index (χ4v) is 3.07. The summed E-state index contributed by atoms with van der Waals surface area (Å²) < 4.78 is 0. The minimum Gasteiger partial charge on any atom is -0.340 e. The van der Waals surface area contributed by atoms with Crippen LogP contribution >= 0.6 is 0 Å². The predicted molar refractivity (Wildman–Crippen MR) is 95.9 cm³/mol. The molecule has 0 aliphatic carbocycles. The zero-order chi connectivity index (χ0) is 17.1. The Bertz CT molecular complexity index is 839. The molecule has 7 nitrogen and oxygen atoms in total. The lowest BCUT2D eigenvalue weighted by Gasteiger charge is -2.16. The third-order valence-corrected chi connectivity index (χ3v) is 4.22. The van der Waals surface area contributed by atoms with E-state index >= 15 is 0 Å². The van der Waals surface area contributed by atoms with Crippen molar-refractivity contribution in [1.82, 2.24) is 24.9 Å². The first-order valence-corrected chi connectivity index (χ1v) is 8.33. The number of aryl methyl sites for hydroxylation is 1. The predicted octanol–water partition coefficient (Wildman–Crippen LogP) is 2.71. The van der Waals surface area contributed by atoms with Crippen LogP contribution in [0.2, 0.25) is 0 Å². The molecule has 7 heteroatoms. The SMILES string of the molecule is Cc1nc(Nc2ccccn2)cc(C2CCN(c3ncccn3)C2)n1. The number of hydrogen-bond acceptors (Lipinski definition) is 7. The maximum absolute atomic E-state index is 4.65. The number of aromatic nitrogens is 5. The summed E-state index contributed by atoms with van der Waals surface area (Å²) in [4.78, 5) is 24.3. The van der Waals surface area contributed by atoms with Gasteiger partial charge in [0.25, 0.3) is 0 Å². The third kappa shape index (κ3) is 3.55. The van der Waals surface area contributed by atoms with Crippen LogP contribution in [-0.4, -0.2) is 38.0 Å². The van der Waals surface area contributed by atoms with Gasteiger partial charge in [-0.25, -0.2) is 24.9 Å². The molecule has 1 atom stereocenters. The molecule has 126 valence electrons. The Hall–Kier alpha value is -3.09. The Kier molecular flexibility index (Phi) is 4.20. The van der Waals surface area contributed by atoms with E-state index in [-0.39, 0.29) is 0 Å². The molecule has 0 aromatic carbocycles. The molecule has 1 aliphatic heterocycles. The quantitative estimate of drug-likeness (QED) is 0.786. The lowest BCUT2D eigenvalue weighted by atomic mass is 10.0. The number of pyridine rings is 1. The van der Waals surface area contributed by atoms with Gasteiger partial charge in [-0.1, -0.05) is 6.07 Å². The number of hydrogen-bond donors (Lipinski definition) is 1. The highest BCUT2D eigenvalue weighted by atomic mass is 15.3. The highest BCUT2D eigenvalue weighted by molar-refractivity contribution is 5.52. The molecule has 1 unspecified atom stereocenters. The second kappa shape index (κ2) is 6.80. The minimum absolute atomic E-state index is 0.342. The van der Waals surface area contributed by atoms with Gasteiger partial charge in [0.15, 0.2) is 0 Å². The van der Waals surface area contributed by atoms with Crippen LogP contribution in [-0.2, 0) is 0 Å². The molecule has 1 N–H and O–H groups in total. The van der Waals surface area contributed by atoms with Gasteiger partial charge in [0.1, 0.15) is 17.5 Å². The Morgan fingerprint density at radius 3 is 2.64 bits per heavy atom. The molecule has 4 rings (SSSR count). The van der Waals surface area contributed by atoms with Crippen LogP contribution in [0.3, 0.4) is 0 Å². The fraction of sp³-hybridized carbons (Fsp3) is 0.278. The van der Waals surface area contributed by atoms with Crippen LogP contribution in [0.25, 0.3) is 0 Å². The monoisotopic (exact) mass is 333 g/mol. The van der Waals surface area contributed by atoms with Gasteiger partial charge in [-0.05, 0) is 31.5 Å². The smallest absolute Gasteiger partial charge is 0.225 e. The van der Waals surface area contributed by atoms with E-state index in [0.29, 0.717) is 5.92 Å². The highest BCUT2D eigenvalue weighted by Gasteiger charge is 2.27. The summed E-state index contributed by atoms with van der Waals surface area (Å²) >= 11 is 0. The molecular weight excluding hydrogens is 314 g/mol. The van der Waals surface area contributed by atoms with Crippen LogP contribution in [0.5, 0.6) is 0 Å². The molecule has 3 aromatic heterocycles. The average Bonchev–Trinajstić information content (AvgIpc) is 3.13. The maximum atomic E-state index is 4.65. The topological polar surface area (TPSA) is 79.7 Å². The Balaban J connectivity index is 1.53. The summed E-state index contributed by atoms with van der Waals surface area (Å²) in [6, 6.07) is 9.60. The molecule has 0 spiro atoms. The summed E-state index contributed by atoms with van der Waals surface area (Å²) in [6.45, 7) is 3.71. The van der Waals surface area contributed by atoms with Crippen LogP contribution in [0, 0.1) is 6.92 Å². The maximum Gasteiger partial charge on any atom is 0.225 e. The Morgan fingerprint density at radius 2 is 1.84 bits per heavy atom. The molecule has 1 fully saturated rings.